The van der Waals surface area contributed by atoms with Crippen LogP contribution >= 0.6 is 23.2 Å². The van der Waals surface area contributed by atoms with Gasteiger partial charge in [-0.1, -0.05) is 59.1 Å². The summed E-state index contributed by atoms with van der Waals surface area (Å²) in [5.41, 5.74) is 1.88. The molecule has 7 nitrogen and oxygen atoms in total. The summed E-state index contributed by atoms with van der Waals surface area (Å²) in [5.74, 6) is -0.956. The van der Waals surface area contributed by atoms with E-state index in [9.17, 15) is 18.0 Å². The quantitative estimate of drug-likeness (QED) is 0.422. The number of likely N-dealkylation sites (N-methyl/N-ethyl adjacent to an activating group) is 1. The standard InChI is InChI=1S/C26H27Cl2N3O4S/c1-18-8-12-22(13-9-18)31(36(34,35)23-14-10-21(27)11-15-23)17-25(32)30(19(2)26(33)29-3)16-20-6-4-5-7-24(20)28/h4-15,19H,16-17H2,1-3H3,(H,29,33). The van der Waals surface area contributed by atoms with Gasteiger partial charge in [0.25, 0.3) is 10.0 Å². The molecule has 0 saturated carbocycles. The summed E-state index contributed by atoms with van der Waals surface area (Å²) >= 11 is 12.3. The van der Waals surface area contributed by atoms with Gasteiger partial charge in [0.2, 0.25) is 11.8 Å². The van der Waals surface area contributed by atoms with Crippen molar-refractivity contribution in [3.63, 3.8) is 0 Å². The topological polar surface area (TPSA) is 86.8 Å². The van der Waals surface area contributed by atoms with E-state index in [0.717, 1.165) is 9.87 Å². The number of hydrogen-bond donors (Lipinski definition) is 1. The number of nitrogens with zero attached hydrogens (tertiary/aromatic N) is 2. The van der Waals surface area contributed by atoms with Gasteiger partial charge in [-0.3, -0.25) is 13.9 Å². The Morgan fingerprint density at radius 1 is 0.944 bits per heavy atom. The van der Waals surface area contributed by atoms with Crippen molar-refractivity contribution in [1.82, 2.24) is 10.2 Å². The molecule has 0 aliphatic carbocycles. The first-order valence-corrected chi connectivity index (χ1v) is 13.3. The molecule has 0 heterocycles. The maximum atomic E-state index is 13.7. The predicted octanol–water partition coefficient (Wildman–Crippen LogP) is 4.66. The van der Waals surface area contributed by atoms with Gasteiger partial charge >= 0.3 is 0 Å². The largest absolute Gasteiger partial charge is 0.357 e. The molecule has 0 aliphatic heterocycles. The lowest BCUT2D eigenvalue weighted by molar-refractivity contribution is -0.139. The lowest BCUT2D eigenvalue weighted by Gasteiger charge is -2.32. The van der Waals surface area contributed by atoms with Crippen LogP contribution in [0.25, 0.3) is 0 Å². The fraction of sp³-hybridized carbons (Fsp3) is 0.231. The molecule has 3 aromatic rings. The fourth-order valence-electron chi connectivity index (χ4n) is 3.58. The molecule has 0 bridgehead atoms. The van der Waals surface area contributed by atoms with E-state index >= 15 is 0 Å². The highest BCUT2D eigenvalue weighted by Crippen LogP contribution is 2.26. The minimum absolute atomic E-state index is 0.0164. The Kier molecular flexibility index (Phi) is 9.00. The number of nitrogens with one attached hydrogen (secondary N) is 1. The summed E-state index contributed by atoms with van der Waals surface area (Å²) < 4.78 is 28.4. The lowest BCUT2D eigenvalue weighted by atomic mass is 10.1. The molecule has 36 heavy (non-hydrogen) atoms. The number of rotatable bonds is 9. The Labute approximate surface area is 221 Å². The van der Waals surface area contributed by atoms with Gasteiger partial charge in [-0.25, -0.2) is 8.42 Å². The van der Waals surface area contributed by atoms with Crippen molar-refractivity contribution in [3.8, 4) is 0 Å². The number of halogens is 2. The number of aryl methyl sites for hydroxylation is 1. The zero-order valence-electron chi connectivity index (χ0n) is 20.1. The van der Waals surface area contributed by atoms with Crippen LogP contribution in [0.3, 0.4) is 0 Å². The van der Waals surface area contributed by atoms with Crippen LogP contribution in [0, 0.1) is 6.92 Å². The summed E-state index contributed by atoms with van der Waals surface area (Å²) in [6.45, 7) is 2.95. The number of amides is 2. The van der Waals surface area contributed by atoms with Crippen molar-refractivity contribution < 1.29 is 18.0 Å². The van der Waals surface area contributed by atoms with Gasteiger partial charge in [0.05, 0.1) is 10.6 Å². The lowest BCUT2D eigenvalue weighted by Crippen LogP contribution is -2.50. The molecule has 3 rings (SSSR count). The zero-order chi connectivity index (χ0) is 26.5. The molecule has 0 aliphatic rings. The van der Waals surface area contributed by atoms with Crippen LogP contribution in [0.5, 0.6) is 0 Å². The minimum atomic E-state index is -4.14. The van der Waals surface area contributed by atoms with Crippen LogP contribution in [0.2, 0.25) is 10.0 Å². The first-order valence-electron chi connectivity index (χ1n) is 11.1. The number of anilines is 1. The van der Waals surface area contributed by atoms with Gasteiger partial charge in [-0.05, 0) is 61.9 Å². The summed E-state index contributed by atoms with van der Waals surface area (Å²) in [6, 6.07) is 18.6. The third-order valence-electron chi connectivity index (χ3n) is 5.71. The Balaban J connectivity index is 2.03. The second-order valence-corrected chi connectivity index (χ2v) is 10.9. The van der Waals surface area contributed by atoms with Gasteiger partial charge in [-0.2, -0.15) is 0 Å². The van der Waals surface area contributed by atoms with E-state index in [1.54, 1.807) is 55.5 Å². The third kappa shape index (κ3) is 6.37. The third-order valence-corrected chi connectivity index (χ3v) is 8.12. The molecule has 10 heteroatoms. The molecule has 190 valence electrons. The van der Waals surface area contributed by atoms with E-state index in [4.69, 9.17) is 23.2 Å². The normalized spacial score (nSPS) is 12.0. The van der Waals surface area contributed by atoms with E-state index < -0.39 is 34.4 Å². The van der Waals surface area contributed by atoms with Crippen LogP contribution in [0.15, 0.2) is 77.7 Å². The molecule has 0 spiro atoms. The molecule has 1 atom stereocenters. The first-order chi connectivity index (χ1) is 17.0. The molecule has 1 unspecified atom stereocenters. The van der Waals surface area contributed by atoms with E-state index in [1.165, 1.54) is 36.2 Å². The van der Waals surface area contributed by atoms with Gasteiger partial charge in [0.1, 0.15) is 12.6 Å². The second-order valence-electron chi connectivity index (χ2n) is 8.20. The van der Waals surface area contributed by atoms with Crippen molar-refractivity contribution in [1.29, 1.82) is 0 Å². The number of hydrogen-bond acceptors (Lipinski definition) is 4. The maximum absolute atomic E-state index is 13.7. The van der Waals surface area contributed by atoms with Crippen LogP contribution in [-0.4, -0.2) is 44.8 Å². The molecular formula is C26H27Cl2N3O4S. The molecule has 0 saturated heterocycles. The van der Waals surface area contributed by atoms with Gasteiger partial charge < -0.3 is 10.2 Å². The predicted molar refractivity (Wildman–Crippen MR) is 143 cm³/mol. The summed E-state index contributed by atoms with van der Waals surface area (Å²) in [4.78, 5) is 27.5. The Bertz CT molecular complexity index is 1330. The van der Waals surface area contributed by atoms with Crippen LogP contribution in [0.1, 0.15) is 18.1 Å². The van der Waals surface area contributed by atoms with E-state index in [-0.39, 0.29) is 11.4 Å². The number of benzene rings is 3. The average molecular weight is 548 g/mol. The molecule has 0 aromatic heterocycles. The fourth-order valence-corrected chi connectivity index (χ4v) is 5.31. The highest BCUT2D eigenvalue weighted by molar-refractivity contribution is 7.92. The van der Waals surface area contributed by atoms with Crippen molar-refractivity contribution in [2.45, 2.75) is 31.3 Å². The zero-order valence-corrected chi connectivity index (χ0v) is 22.4. The van der Waals surface area contributed by atoms with Gasteiger partial charge in [-0.15, -0.1) is 0 Å². The number of carbonyl (C=O) groups is 2. The highest BCUT2D eigenvalue weighted by Gasteiger charge is 2.32. The van der Waals surface area contributed by atoms with E-state index in [0.29, 0.717) is 21.3 Å². The molecular weight excluding hydrogens is 521 g/mol. The SMILES string of the molecule is CNC(=O)C(C)N(Cc1ccccc1Cl)C(=O)CN(c1ccc(C)cc1)S(=O)(=O)c1ccc(Cl)cc1. The molecule has 3 aromatic carbocycles. The molecule has 0 fully saturated rings. The van der Waals surface area contributed by atoms with Crippen molar-refractivity contribution >= 4 is 50.7 Å². The first kappa shape index (κ1) is 27.5. The monoisotopic (exact) mass is 547 g/mol. The second kappa shape index (κ2) is 11.8. The Morgan fingerprint density at radius 3 is 2.14 bits per heavy atom. The number of sulfonamides is 1. The average Bonchev–Trinajstić information content (AvgIpc) is 2.86. The molecule has 2 amide bonds. The van der Waals surface area contributed by atoms with Crippen LogP contribution in [-0.2, 0) is 26.2 Å². The van der Waals surface area contributed by atoms with Crippen LogP contribution in [0.4, 0.5) is 5.69 Å². The maximum Gasteiger partial charge on any atom is 0.264 e. The van der Waals surface area contributed by atoms with Gasteiger partial charge in [0.15, 0.2) is 0 Å². The van der Waals surface area contributed by atoms with Crippen molar-refractivity contribution in [3.05, 3.63) is 94.0 Å². The highest BCUT2D eigenvalue weighted by atomic mass is 35.5. The Hall–Kier alpha value is -3.07. The van der Waals surface area contributed by atoms with Crippen molar-refractivity contribution in [2.75, 3.05) is 17.9 Å². The smallest absolute Gasteiger partial charge is 0.264 e. The molecule has 0 radical (unpaired) electrons. The summed E-state index contributed by atoms with van der Waals surface area (Å²) in [5, 5.41) is 3.36. The van der Waals surface area contributed by atoms with E-state index in [2.05, 4.69) is 5.32 Å². The number of carbonyl (C=O) groups excluding carboxylic acids is 2. The van der Waals surface area contributed by atoms with E-state index in [1.807, 2.05) is 6.92 Å². The summed E-state index contributed by atoms with van der Waals surface area (Å²) in [6.07, 6.45) is 0. The Morgan fingerprint density at radius 2 is 1.56 bits per heavy atom. The van der Waals surface area contributed by atoms with Gasteiger partial charge in [0, 0.05) is 23.6 Å². The minimum Gasteiger partial charge on any atom is -0.357 e. The summed E-state index contributed by atoms with van der Waals surface area (Å²) in [7, 11) is -2.67. The van der Waals surface area contributed by atoms with Crippen molar-refractivity contribution in [2.24, 2.45) is 0 Å². The molecule has 1 N–H and O–H groups in total. The van der Waals surface area contributed by atoms with Crippen LogP contribution < -0.4 is 9.62 Å².